The first kappa shape index (κ1) is 7.98. The molecule has 3 nitrogen and oxygen atoms in total. The van der Waals surface area contributed by atoms with E-state index >= 15 is 0 Å². The third-order valence-corrected chi connectivity index (χ3v) is 1.50. The van der Waals surface area contributed by atoms with E-state index in [-0.39, 0.29) is 5.60 Å². The van der Waals surface area contributed by atoms with E-state index in [4.69, 9.17) is 9.57 Å². The van der Waals surface area contributed by atoms with Crippen LogP contribution in [0.3, 0.4) is 0 Å². The molecule has 0 radical (unpaired) electrons. The summed E-state index contributed by atoms with van der Waals surface area (Å²) in [6.45, 7) is 4.99. The average Bonchev–Trinajstić information content (AvgIpc) is 2.48. The van der Waals surface area contributed by atoms with Crippen LogP contribution in [0.4, 0.5) is 0 Å². The lowest BCUT2D eigenvalue weighted by Crippen LogP contribution is -2.31. The molecule has 0 saturated carbocycles. The lowest BCUT2D eigenvalue weighted by molar-refractivity contribution is -0.0814. The second-order valence-electron chi connectivity index (χ2n) is 3.23. The highest BCUT2D eigenvalue weighted by Crippen LogP contribution is 2.23. The zero-order chi connectivity index (χ0) is 7.61. The number of epoxide rings is 1. The SMILES string of the molecule is CNOC(C)(C)CC1CO1. The summed E-state index contributed by atoms with van der Waals surface area (Å²) in [4.78, 5) is 5.25. The third-order valence-electron chi connectivity index (χ3n) is 1.50. The van der Waals surface area contributed by atoms with Crippen LogP contribution in [-0.2, 0) is 9.57 Å². The van der Waals surface area contributed by atoms with Crippen LogP contribution in [0.2, 0.25) is 0 Å². The van der Waals surface area contributed by atoms with Crippen molar-refractivity contribution in [1.29, 1.82) is 0 Å². The first-order chi connectivity index (χ1) is 4.64. The zero-order valence-corrected chi connectivity index (χ0v) is 6.81. The topological polar surface area (TPSA) is 33.8 Å². The number of rotatable bonds is 4. The van der Waals surface area contributed by atoms with Crippen molar-refractivity contribution in [2.75, 3.05) is 13.7 Å². The Morgan fingerprint density at radius 1 is 1.70 bits per heavy atom. The van der Waals surface area contributed by atoms with Gasteiger partial charge in [-0.3, -0.25) is 4.84 Å². The average molecular weight is 145 g/mol. The minimum Gasteiger partial charge on any atom is -0.373 e. The van der Waals surface area contributed by atoms with E-state index in [9.17, 15) is 0 Å². The van der Waals surface area contributed by atoms with Crippen LogP contribution in [0, 0.1) is 0 Å². The van der Waals surface area contributed by atoms with Crippen LogP contribution >= 0.6 is 0 Å². The Morgan fingerprint density at radius 2 is 2.30 bits per heavy atom. The fourth-order valence-electron chi connectivity index (χ4n) is 1.05. The largest absolute Gasteiger partial charge is 0.373 e. The first-order valence-corrected chi connectivity index (χ1v) is 3.60. The van der Waals surface area contributed by atoms with Gasteiger partial charge in [-0.25, -0.2) is 5.48 Å². The lowest BCUT2D eigenvalue weighted by Gasteiger charge is -2.22. The van der Waals surface area contributed by atoms with Crippen molar-refractivity contribution < 1.29 is 9.57 Å². The van der Waals surface area contributed by atoms with E-state index in [0.29, 0.717) is 6.10 Å². The standard InChI is InChI=1S/C7H15NO2/c1-7(2,10-8-3)4-6-5-9-6/h6,8H,4-5H2,1-3H3. The predicted octanol–water partition coefficient (Wildman–Crippen LogP) is 0.705. The van der Waals surface area contributed by atoms with Gasteiger partial charge in [-0.15, -0.1) is 0 Å². The molecule has 0 aromatic carbocycles. The molecule has 0 spiro atoms. The Morgan fingerprint density at radius 3 is 2.70 bits per heavy atom. The highest BCUT2D eigenvalue weighted by molar-refractivity contribution is 4.79. The molecule has 1 aliphatic heterocycles. The maximum Gasteiger partial charge on any atom is 0.0866 e. The van der Waals surface area contributed by atoms with Gasteiger partial charge >= 0.3 is 0 Å². The maximum atomic E-state index is 5.25. The molecule has 1 heterocycles. The number of hydrogen-bond acceptors (Lipinski definition) is 3. The maximum absolute atomic E-state index is 5.25. The Balaban J connectivity index is 2.19. The van der Waals surface area contributed by atoms with Gasteiger partial charge < -0.3 is 4.74 Å². The number of ether oxygens (including phenoxy) is 1. The van der Waals surface area contributed by atoms with Gasteiger partial charge in [0.1, 0.15) is 0 Å². The van der Waals surface area contributed by atoms with E-state index in [1.54, 1.807) is 7.05 Å². The second kappa shape index (κ2) is 2.86. The molecule has 0 aromatic rings. The Labute approximate surface area is 61.7 Å². The van der Waals surface area contributed by atoms with Crippen molar-refractivity contribution in [3.63, 3.8) is 0 Å². The second-order valence-corrected chi connectivity index (χ2v) is 3.23. The van der Waals surface area contributed by atoms with Crippen molar-refractivity contribution in [3.05, 3.63) is 0 Å². The smallest absolute Gasteiger partial charge is 0.0866 e. The fraction of sp³-hybridized carbons (Fsp3) is 1.00. The van der Waals surface area contributed by atoms with Crippen LogP contribution < -0.4 is 5.48 Å². The van der Waals surface area contributed by atoms with Gasteiger partial charge in [-0.2, -0.15) is 0 Å². The van der Waals surface area contributed by atoms with Gasteiger partial charge in [0.15, 0.2) is 0 Å². The van der Waals surface area contributed by atoms with Crippen LogP contribution in [0.5, 0.6) is 0 Å². The Hall–Kier alpha value is -0.120. The molecule has 0 aliphatic carbocycles. The normalized spacial score (nSPS) is 24.9. The van der Waals surface area contributed by atoms with Gasteiger partial charge in [0.05, 0.1) is 18.3 Å². The highest BCUT2D eigenvalue weighted by Gasteiger charge is 2.31. The molecule has 1 atom stereocenters. The molecule has 0 amide bonds. The summed E-state index contributed by atoms with van der Waals surface area (Å²) in [7, 11) is 1.77. The van der Waals surface area contributed by atoms with Crippen molar-refractivity contribution in [1.82, 2.24) is 5.48 Å². The van der Waals surface area contributed by atoms with Gasteiger partial charge in [0, 0.05) is 13.5 Å². The molecule has 1 saturated heterocycles. The van der Waals surface area contributed by atoms with E-state index < -0.39 is 0 Å². The predicted molar refractivity (Wildman–Crippen MR) is 38.6 cm³/mol. The molecule has 10 heavy (non-hydrogen) atoms. The van der Waals surface area contributed by atoms with Crippen molar-refractivity contribution in [2.24, 2.45) is 0 Å². The zero-order valence-electron chi connectivity index (χ0n) is 6.81. The summed E-state index contributed by atoms with van der Waals surface area (Å²) in [5, 5.41) is 0. The number of hydrogen-bond donors (Lipinski definition) is 1. The molecule has 3 heteroatoms. The van der Waals surface area contributed by atoms with Gasteiger partial charge in [0.2, 0.25) is 0 Å². The monoisotopic (exact) mass is 145 g/mol. The molecule has 60 valence electrons. The minimum atomic E-state index is -0.101. The van der Waals surface area contributed by atoms with Crippen LogP contribution in [-0.4, -0.2) is 25.4 Å². The molecule has 1 rings (SSSR count). The van der Waals surface area contributed by atoms with E-state index in [1.165, 1.54) is 0 Å². The molecule has 1 fully saturated rings. The molecule has 1 aliphatic rings. The van der Waals surface area contributed by atoms with Crippen LogP contribution in [0.15, 0.2) is 0 Å². The van der Waals surface area contributed by atoms with E-state index in [1.807, 2.05) is 13.8 Å². The first-order valence-electron chi connectivity index (χ1n) is 3.60. The summed E-state index contributed by atoms with van der Waals surface area (Å²) < 4.78 is 5.08. The lowest BCUT2D eigenvalue weighted by atomic mass is 10.0. The Bertz CT molecular complexity index is 110. The summed E-state index contributed by atoms with van der Waals surface area (Å²) >= 11 is 0. The minimum absolute atomic E-state index is 0.101. The number of nitrogens with one attached hydrogen (secondary N) is 1. The molecule has 0 aromatic heterocycles. The summed E-state index contributed by atoms with van der Waals surface area (Å²) in [6, 6.07) is 0. The van der Waals surface area contributed by atoms with Gasteiger partial charge in [0.25, 0.3) is 0 Å². The van der Waals surface area contributed by atoms with Crippen LogP contribution in [0.25, 0.3) is 0 Å². The molecular weight excluding hydrogens is 130 g/mol. The molecule has 1 N–H and O–H groups in total. The molecule has 1 unspecified atom stereocenters. The van der Waals surface area contributed by atoms with Gasteiger partial charge in [-0.1, -0.05) is 0 Å². The quantitative estimate of drug-likeness (QED) is 0.467. The highest BCUT2D eigenvalue weighted by atomic mass is 16.7. The van der Waals surface area contributed by atoms with E-state index in [2.05, 4.69) is 5.48 Å². The fourth-order valence-corrected chi connectivity index (χ4v) is 1.05. The summed E-state index contributed by atoms with van der Waals surface area (Å²) in [6.07, 6.45) is 1.40. The third kappa shape index (κ3) is 2.64. The van der Waals surface area contributed by atoms with Gasteiger partial charge in [-0.05, 0) is 13.8 Å². The summed E-state index contributed by atoms with van der Waals surface area (Å²) in [5.41, 5.74) is 2.58. The van der Waals surface area contributed by atoms with Crippen molar-refractivity contribution in [2.45, 2.75) is 32.0 Å². The molecular formula is C7H15NO2. The van der Waals surface area contributed by atoms with Crippen molar-refractivity contribution >= 4 is 0 Å². The Kier molecular flexibility index (Phi) is 2.28. The van der Waals surface area contributed by atoms with Crippen LogP contribution in [0.1, 0.15) is 20.3 Å². The number of hydroxylamine groups is 1. The molecule has 0 bridgehead atoms. The van der Waals surface area contributed by atoms with E-state index in [0.717, 1.165) is 13.0 Å². The summed E-state index contributed by atoms with van der Waals surface area (Å²) in [5.74, 6) is 0. The van der Waals surface area contributed by atoms with Crippen molar-refractivity contribution in [3.8, 4) is 0 Å².